The van der Waals surface area contributed by atoms with Gasteiger partial charge in [-0.25, -0.2) is 0 Å². The molecule has 4 rings (SSSR count). The summed E-state index contributed by atoms with van der Waals surface area (Å²) in [5.41, 5.74) is -0.218. The average molecular weight is 503 g/mol. The van der Waals surface area contributed by atoms with Crippen molar-refractivity contribution in [1.29, 1.82) is 0 Å². The Labute approximate surface area is 207 Å². The Morgan fingerprint density at radius 3 is 2.47 bits per heavy atom. The van der Waals surface area contributed by atoms with Gasteiger partial charge in [0.15, 0.2) is 0 Å². The number of anilines is 1. The van der Waals surface area contributed by atoms with E-state index >= 15 is 0 Å². The number of methoxy groups -OCH3 is 1. The molecule has 0 unspecified atom stereocenters. The lowest BCUT2D eigenvalue weighted by atomic mass is 9.89. The molecule has 192 valence electrons. The number of carbonyl (C=O) groups excluding carboxylic acids is 2. The van der Waals surface area contributed by atoms with Crippen LogP contribution in [-0.2, 0) is 12.7 Å². The lowest BCUT2D eigenvalue weighted by molar-refractivity contribution is -0.137. The van der Waals surface area contributed by atoms with E-state index in [1.54, 1.807) is 10.6 Å². The van der Waals surface area contributed by atoms with Crippen molar-refractivity contribution in [2.75, 3.05) is 19.0 Å². The van der Waals surface area contributed by atoms with Crippen molar-refractivity contribution in [3.8, 4) is 6.01 Å². The highest BCUT2D eigenvalue weighted by atomic mass is 19.4. The van der Waals surface area contributed by atoms with E-state index in [2.05, 4.69) is 15.6 Å². The number of aromatic nitrogens is 2. The molecule has 3 aromatic rings. The van der Waals surface area contributed by atoms with Crippen molar-refractivity contribution in [1.82, 2.24) is 14.9 Å². The summed E-state index contributed by atoms with van der Waals surface area (Å²) in [6.07, 6.45) is 0.924. The first-order valence-corrected chi connectivity index (χ1v) is 12.1. The van der Waals surface area contributed by atoms with E-state index in [0.717, 1.165) is 37.8 Å². The summed E-state index contributed by atoms with van der Waals surface area (Å²) in [4.78, 5) is 30.6. The molecule has 0 aliphatic heterocycles. The van der Waals surface area contributed by atoms with Gasteiger partial charge in [0.25, 0.3) is 17.8 Å². The first kappa shape index (κ1) is 25.5. The summed E-state index contributed by atoms with van der Waals surface area (Å²) in [5, 5.41) is 5.52. The van der Waals surface area contributed by atoms with Gasteiger partial charge >= 0.3 is 6.18 Å². The molecule has 1 aromatic heterocycles. The molecule has 10 heteroatoms. The third-order valence-corrected chi connectivity index (χ3v) is 6.57. The summed E-state index contributed by atoms with van der Waals surface area (Å²) in [7, 11) is 1.47. The van der Waals surface area contributed by atoms with E-state index in [4.69, 9.17) is 4.74 Å². The molecular formula is C26H29F3N4O3. The van der Waals surface area contributed by atoms with E-state index in [0.29, 0.717) is 36.1 Å². The SMILES string of the molecule is CCn1c(OC)nc2c(C(=O)NCC3CCCCC3)cc(NC(=O)c3ccccc3C(F)(F)F)cc21. The number of rotatable bonds is 7. The van der Waals surface area contributed by atoms with Crippen LogP contribution in [0.15, 0.2) is 36.4 Å². The molecule has 1 aliphatic carbocycles. The van der Waals surface area contributed by atoms with Crippen molar-refractivity contribution in [2.24, 2.45) is 5.92 Å². The molecule has 1 aliphatic rings. The van der Waals surface area contributed by atoms with Gasteiger partial charge in [-0.3, -0.25) is 14.2 Å². The molecular weight excluding hydrogens is 473 g/mol. The quantitative estimate of drug-likeness (QED) is 0.438. The molecule has 2 aromatic carbocycles. The van der Waals surface area contributed by atoms with Gasteiger partial charge in [-0.05, 0) is 49.9 Å². The summed E-state index contributed by atoms with van der Waals surface area (Å²) < 4.78 is 47.4. The van der Waals surface area contributed by atoms with Crippen molar-refractivity contribution in [3.05, 3.63) is 53.1 Å². The highest BCUT2D eigenvalue weighted by molar-refractivity contribution is 6.10. The fourth-order valence-corrected chi connectivity index (χ4v) is 4.76. The number of alkyl halides is 3. The zero-order valence-corrected chi connectivity index (χ0v) is 20.2. The van der Waals surface area contributed by atoms with Crippen LogP contribution in [-0.4, -0.2) is 35.0 Å². The van der Waals surface area contributed by atoms with Gasteiger partial charge in [0.2, 0.25) is 0 Å². The molecule has 36 heavy (non-hydrogen) atoms. The third kappa shape index (κ3) is 5.32. The standard InChI is InChI=1S/C26H29F3N4O3/c1-3-33-21-14-17(31-24(35)18-11-7-8-12-20(18)26(27,28)29)13-19(22(21)32-25(33)36-2)23(34)30-15-16-9-5-4-6-10-16/h7-8,11-14,16H,3-6,9-10,15H2,1-2H3,(H,30,34)(H,31,35). The number of fused-ring (bicyclic) bond motifs is 1. The van der Waals surface area contributed by atoms with Gasteiger partial charge in [-0.2, -0.15) is 18.2 Å². The topological polar surface area (TPSA) is 85.2 Å². The van der Waals surface area contributed by atoms with Crippen LogP contribution < -0.4 is 15.4 Å². The van der Waals surface area contributed by atoms with Crippen molar-refractivity contribution < 1.29 is 27.5 Å². The van der Waals surface area contributed by atoms with Crippen molar-refractivity contribution >= 4 is 28.5 Å². The summed E-state index contributed by atoms with van der Waals surface area (Å²) in [6, 6.07) is 7.90. The highest BCUT2D eigenvalue weighted by Crippen LogP contribution is 2.33. The van der Waals surface area contributed by atoms with Gasteiger partial charge < -0.3 is 15.4 Å². The van der Waals surface area contributed by atoms with Crippen LogP contribution in [0.5, 0.6) is 6.01 Å². The number of hydrogen-bond acceptors (Lipinski definition) is 4. The van der Waals surface area contributed by atoms with E-state index in [1.807, 2.05) is 6.92 Å². The average Bonchev–Trinajstić information content (AvgIpc) is 3.24. The molecule has 0 atom stereocenters. The summed E-state index contributed by atoms with van der Waals surface area (Å²) in [5.74, 6) is -0.881. The fourth-order valence-electron chi connectivity index (χ4n) is 4.76. The normalized spacial score (nSPS) is 14.6. The Balaban J connectivity index is 1.69. The van der Waals surface area contributed by atoms with Gasteiger partial charge in [0.05, 0.1) is 29.3 Å². The Hall–Kier alpha value is -3.56. The molecule has 0 bridgehead atoms. The molecule has 2 amide bonds. The molecule has 1 fully saturated rings. The predicted octanol–water partition coefficient (Wildman–Crippen LogP) is 5.65. The molecule has 2 N–H and O–H groups in total. The monoisotopic (exact) mass is 502 g/mol. The van der Waals surface area contributed by atoms with E-state index < -0.39 is 23.2 Å². The second-order valence-corrected chi connectivity index (χ2v) is 8.95. The van der Waals surface area contributed by atoms with E-state index in [-0.39, 0.29) is 17.2 Å². The minimum Gasteiger partial charge on any atom is -0.468 e. The van der Waals surface area contributed by atoms with Crippen LogP contribution in [0.25, 0.3) is 11.0 Å². The van der Waals surface area contributed by atoms with Gasteiger partial charge in [0, 0.05) is 18.8 Å². The Bertz CT molecular complexity index is 1260. The Morgan fingerprint density at radius 1 is 1.08 bits per heavy atom. The largest absolute Gasteiger partial charge is 0.468 e. The maximum Gasteiger partial charge on any atom is 0.417 e. The number of aryl methyl sites for hydroxylation is 1. The van der Waals surface area contributed by atoms with Crippen molar-refractivity contribution in [2.45, 2.75) is 51.7 Å². The fraction of sp³-hybridized carbons (Fsp3) is 0.423. The Morgan fingerprint density at radius 2 is 1.81 bits per heavy atom. The Kier molecular flexibility index (Phi) is 7.51. The lowest BCUT2D eigenvalue weighted by Crippen LogP contribution is -2.30. The minimum atomic E-state index is -4.68. The number of imidazole rings is 1. The summed E-state index contributed by atoms with van der Waals surface area (Å²) >= 11 is 0. The smallest absolute Gasteiger partial charge is 0.417 e. The molecule has 0 radical (unpaired) electrons. The second-order valence-electron chi connectivity index (χ2n) is 8.95. The number of ether oxygens (including phenoxy) is 1. The van der Waals surface area contributed by atoms with Crippen LogP contribution in [0.2, 0.25) is 0 Å². The van der Waals surface area contributed by atoms with Crippen LogP contribution in [0.4, 0.5) is 18.9 Å². The highest BCUT2D eigenvalue weighted by Gasteiger charge is 2.35. The number of amides is 2. The van der Waals surface area contributed by atoms with Gasteiger partial charge in [-0.15, -0.1) is 0 Å². The molecule has 7 nitrogen and oxygen atoms in total. The van der Waals surface area contributed by atoms with Crippen LogP contribution >= 0.6 is 0 Å². The minimum absolute atomic E-state index is 0.185. The first-order chi connectivity index (χ1) is 17.2. The molecule has 1 heterocycles. The van der Waals surface area contributed by atoms with E-state index in [1.165, 1.54) is 31.7 Å². The summed E-state index contributed by atoms with van der Waals surface area (Å²) in [6.45, 7) is 2.87. The molecule has 0 saturated heterocycles. The zero-order chi connectivity index (χ0) is 25.9. The zero-order valence-electron chi connectivity index (χ0n) is 20.2. The van der Waals surface area contributed by atoms with Crippen LogP contribution in [0.1, 0.15) is 65.3 Å². The van der Waals surface area contributed by atoms with Crippen molar-refractivity contribution in [3.63, 3.8) is 0 Å². The number of halogens is 3. The predicted molar refractivity (Wildman–Crippen MR) is 130 cm³/mol. The maximum atomic E-state index is 13.4. The number of carbonyl (C=O) groups is 2. The van der Waals surface area contributed by atoms with Gasteiger partial charge in [0.1, 0.15) is 5.52 Å². The lowest BCUT2D eigenvalue weighted by Gasteiger charge is -2.21. The molecule has 1 saturated carbocycles. The van der Waals surface area contributed by atoms with Gasteiger partial charge in [-0.1, -0.05) is 31.4 Å². The van der Waals surface area contributed by atoms with Crippen LogP contribution in [0.3, 0.4) is 0 Å². The number of hydrogen-bond donors (Lipinski definition) is 2. The number of benzene rings is 2. The second kappa shape index (κ2) is 10.6. The maximum absolute atomic E-state index is 13.4. The van der Waals surface area contributed by atoms with E-state index in [9.17, 15) is 22.8 Å². The first-order valence-electron chi connectivity index (χ1n) is 12.1. The number of nitrogens with zero attached hydrogens (tertiary/aromatic N) is 2. The molecule has 0 spiro atoms. The van der Waals surface area contributed by atoms with Crippen LogP contribution in [0, 0.1) is 5.92 Å². The number of nitrogens with one attached hydrogen (secondary N) is 2. The third-order valence-electron chi connectivity index (χ3n) is 6.57.